The van der Waals surface area contributed by atoms with E-state index in [4.69, 9.17) is 10.2 Å². The molecule has 16 unspecified atom stereocenters. The zero-order valence-corrected chi connectivity index (χ0v) is 29.0. The van der Waals surface area contributed by atoms with Gasteiger partial charge >= 0.3 is 27.4 Å². The van der Waals surface area contributed by atoms with E-state index in [0.29, 0.717) is 61.2 Å². The van der Waals surface area contributed by atoms with Crippen LogP contribution < -0.4 is 42.5 Å². The van der Waals surface area contributed by atoms with Crippen LogP contribution in [0.4, 0.5) is 0 Å². The Morgan fingerprint density at radius 3 is 0.932 bits per heavy atom. The monoisotopic (exact) mass is 783 g/mol. The van der Waals surface area contributed by atoms with Gasteiger partial charge in [-0.1, -0.05) is 51.4 Å². The molecule has 4 saturated carbocycles. The molecule has 16 atom stereocenters. The molecule has 5 aliphatic heterocycles. The molecule has 8 bridgehead atoms. The minimum atomic E-state index is -4.28. The van der Waals surface area contributed by atoms with E-state index >= 15 is 0 Å². The molecule has 5 saturated heterocycles. The molecule has 0 aromatic rings. The van der Waals surface area contributed by atoms with Gasteiger partial charge in [0.15, 0.2) is 0 Å². The normalized spacial score (nSPS) is 52.9. The molecule has 9 rings (SSSR count). The number of fused-ring (bicyclic) bond motifs is 20. The Kier molecular flexibility index (Phi) is 9.42. The summed E-state index contributed by atoms with van der Waals surface area (Å²) in [6, 6.07) is 0. The van der Waals surface area contributed by atoms with Crippen molar-refractivity contribution >= 4 is 0 Å². The molecular weight excluding hydrogens is 728 g/mol. The number of hydrogen-bond donors (Lipinski definition) is 8. The van der Waals surface area contributed by atoms with Crippen molar-refractivity contribution in [3.8, 4) is 0 Å². The van der Waals surface area contributed by atoms with Crippen molar-refractivity contribution in [2.24, 2.45) is 47.3 Å². The Morgan fingerprint density at radius 1 is 0.364 bits per heavy atom. The summed E-state index contributed by atoms with van der Waals surface area (Å²) in [7, 11) is 0. The summed E-state index contributed by atoms with van der Waals surface area (Å²) < 4.78 is 25.8. The van der Waals surface area contributed by atoms with Crippen LogP contribution in [0.2, 0.25) is 0 Å². The van der Waals surface area contributed by atoms with E-state index in [1.54, 1.807) is 0 Å². The van der Waals surface area contributed by atoms with Gasteiger partial charge in [-0.05, 0) is 80.0 Å². The topological polar surface area (TPSA) is 147 Å². The predicted molar refractivity (Wildman–Crippen MR) is 159 cm³/mol. The first-order chi connectivity index (χ1) is 21.5. The van der Waals surface area contributed by atoms with Crippen LogP contribution in [0.5, 0.6) is 0 Å². The van der Waals surface area contributed by atoms with Gasteiger partial charge in [-0.2, -0.15) is 6.42 Å². The first-order valence-corrected chi connectivity index (χ1v) is 21.8. The van der Waals surface area contributed by atoms with Crippen molar-refractivity contribution in [1.82, 2.24) is 42.5 Å². The maximum absolute atomic E-state index is 8.61. The van der Waals surface area contributed by atoms with E-state index in [-0.39, 0.29) is 0 Å². The van der Waals surface area contributed by atoms with E-state index in [1.165, 1.54) is 96.3 Å². The molecule has 12 heteroatoms. The van der Waals surface area contributed by atoms with Crippen molar-refractivity contribution in [1.29, 1.82) is 0 Å². The van der Waals surface area contributed by atoms with Crippen molar-refractivity contribution in [2.45, 2.75) is 146 Å². The molecule has 0 aromatic heterocycles. The van der Waals surface area contributed by atoms with Gasteiger partial charge in [0.25, 0.3) is 0 Å². The van der Waals surface area contributed by atoms with Gasteiger partial charge in [-0.15, -0.1) is 5.92 Å². The Morgan fingerprint density at radius 2 is 0.614 bits per heavy atom. The third-order valence-corrected chi connectivity index (χ3v) is 13.6. The molecule has 0 aromatic carbocycles. The third-order valence-electron chi connectivity index (χ3n) is 13.6. The second-order valence-corrected chi connectivity index (χ2v) is 17.1. The number of rotatable bonds is 0. The van der Waals surface area contributed by atoms with Crippen LogP contribution in [0.3, 0.4) is 0 Å². The number of nitrogens with one attached hydrogen (secondary N) is 8. The van der Waals surface area contributed by atoms with E-state index in [0.717, 1.165) is 35.5 Å². The molecule has 0 spiro atoms. The van der Waals surface area contributed by atoms with Gasteiger partial charge in [-0.3, -0.25) is 42.5 Å². The Hall–Kier alpha value is -0.232. The van der Waals surface area contributed by atoms with Gasteiger partial charge in [0.05, 0.1) is 43.2 Å². The van der Waals surface area contributed by atoms with E-state index in [2.05, 4.69) is 49.0 Å². The van der Waals surface area contributed by atoms with Crippen molar-refractivity contribution in [2.75, 3.05) is 0 Å². The summed E-state index contributed by atoms with van der Waals surface area (Å²) in [6.45, 7) is 0. The third kappa shape index (κ3) is 5.98. The second-order valence-electron chi connectivity index (χ2n) is 15.6. The van der Waals surface area contributed by atoms with Crippen LogP contribution in [0.15, 0.2) is 0 Å². The maximum atomic E-state index is 8.61. The van der Waals surface area contributed by atoms with Crippen LogP contribution in [-0.4, -0.2) is 49.3 Å². The van der Waals surface area contributed by atoms with Gasteiger partial charge in [0, 0.05) is 6.17 Å². The van der Waals surface area contributed by atoms with Crippen LogP contribution in [0.25, 0.3) is 0 Å². The summed E-state index contributed by atoms with van der Waals surface area (Å²) in [5.41, 5.74) is 0. The fraction of sp³-hybridized carbons (Fsp3) is 0.969. The summed E-state index contributed by atoms with van der Waals surface area (Å²) in [6.07, 6.45) is 26.4. The first-order valence-electron chi connectivity index (χ1n) is 18.2. The molecule has 9 fully saturated rings. The molecule has 8 N–H and O–H groups in total. The fourth-order valence-corrected chi connectivity index (χ4v) is 11.7. The van der Waals surface area contributed by atoms with Crippen molar-refractivity contribution in [3.05, 3.63) is 6.42 Å². The quantitative estimate of drug-likeness (QED) is 0.171. The van der Waals surface area contributed by atoms with E-state index in [1.807, 2.05) is 0 Å². The first kappa shape index (κ1) is 31.1. The van der Waals surface area contributed by atoms with Crippen molar-refractivity contribution in [3.63, 3.8) is 0 Å². The van der Waals surface area contributed by atoms with Crippen LogP contribution in [0.1, 0.15) is 96.3 Å². The van der Waals surface area contributed by atoms with Crippen LogP contribution in [-0.2, 0) is 27.4 Å². The van der Waals surface area contributed by atoms with Gasteiger partial charge in [0.2, 0.25) is 0 Å². The van der Waals surface area contributed by atoms with Crippen LogP contribution >= 0.6 is 0 Å². The zero-order chi connectivity index (χ0) is 29.8. The fourth-order valence-electron chi connectivity index (χ4n) is 11.7. The Balaban J connectivity index is 0.000000684. The summed E-state index contributed by atoms with van der Waals surface area (Å²) in [5.74, 6) is 5.74. The molecule has 0 radical (unpaired) electrons. The molecule has 5 heterocycles. The number of hydrogen-bond acceptors (Lipinski definition) is 11. The van der Waals surface area contributed by atoms with Gasteiger partial charge in [0.1, 0.15) is 0 Å². The summed E-state index contributed by atoms with van der Waals surface area (Å²) in [4.78, 5) is 0. The zero-order valence-electron chi connectivity index (χ0n) is 26.1. The molecule has 248 valence electrons. The average molecular weight is 784 g/mol. The minimum absolute atomic E-state index is 0.365. The summed E-state index contributed by atoms with van der Waals surface area (Å²) in [5, 5.41) is 33.7. The molecule has 4 aliphatic carbocycles. The van der Waals surface area contributed by atoms with E-state index in [9.17, 15) is 0 Å². The molecule has 11 nitrogen and oxygen atoms in total. The van der Waals surface area contributed by atoms with E-state index < -0.39 is 17.2 Å². The van der Waals surface area contributed by atoms with Crippen LogP contribution in [0, 0.1) is 53.8 Å². The Labute approximate surface area is 268 Å². The standard InChI is InChI=1S/C32H55N8.3O.W/c1-2-10-18-17(9-1)25-33-26(18)38-28-21-13-5-6-14-22(21)30(35-28)40-32-24-16-8-7-15-23(24)31(36-32)39-29-20-12-4-3-11-19(20)27(34-29)37-25;;;;/h9,17-40H,1-8,10-16H2;;;;/q-1;;;;. The second kappa shape index (κ2) is 13.3. The van der Waals surface area contributed by atoms with Gasteiger partial charge in [-0.25, -0.2) is 0 Å². The van der Waals surface area contributed by atoms with Gasteiger partial charge < -0.3 is 6.42 Å². The van der Waals surface area contributed by atoms with Crippen molar-refractivity contribution < 1.29 is 27.4 Å². The average Bonchev–Trinajstić information content (AvgIpc) is 3.76. The SMILES string of the molecule is [CH-]1CCCC2C3NC(NC4NC(NC5NC(NC6NC(N3)C3CCCCC63)C3CCCCC53)C3CCCCC43)C12.[O]=[W](=[O])=[O]. The Bertz CT molecular complexity index is 917. The molecule has 44 heavy (non-hydrogen) atoms. The predicted octanol–water partition coefficient (Wildman–Crippen LogP) is 2.06. The molecular formula is C32H55N8O3W-. The summed E-state index contributed by atoms with van der Waals surface area (Å²) >= 11 is -4.28. The molecule has 9 aliphatic rings. The molecule has 0 amide bonds.